The van der Waals surface area contributed by atoms with Crippen LogP contribution in [0.15, 0.2) is 12.1 Å². The highest BCUT2D eigenvalue weighted by Crippen LogP contribution is 2.37. The molecule has 0 atom stereocenters. The molecule has 2 rings (SSSR count). The van der Waals surface area contributed by atoms with Gasteiger partial charge in [-0.25, -0.2) is 0 Å². The molecule has 1 aromatic heterocycles. The molecule has 0 saturated carbocycles. The van der Waals surface area contributed by atoms with E-state index in [-0.39, 0.29) is 23.9 Å². The first-order valence-corrected chi connectivity index (χ1v) is 12.8. The molecule has 8 heteroatoms. The molecule has 164 valence electrons. The van der Waals surface area contributed by atoms with Gasteiger partial charge in [0, 0.05) is 37.3 Å². The smallest absolute Gasteiger partial charge is 0.222 e. The van der Waals surface area contributed by atoms with Gasteiger partial charge in [0.05, 0.1) is 24.6 Å². The number of hydrogen-bond donors (Lipinski definition) is 2. The van der Waals surface area contributed by atoms with Gasteiger partial charge in [-0.3, -0.25) is 14.7 Å². The second-order valence-corrected chi connectivity index (χ2v) is 11.2. The molecule has 0 aliphatic carbocycles. The summed E-state index contributed by atoms with van der Waals surface area (Å²) in [6.45, 7) is 8.66. The summed E-state index contributed by atoms with van der Waals surface area (Å²) in [5.41, 5.74) is 2.32. The van der Waals surface area contributed by atoms with Gasteiger partial charge in [0.2, 0.25) is 5.91 Å². The third kappa shape index (κ3) is 8.45. The zero-order chi connectivity index (χ0) is 21.3. The summed E-state index contributed by atoms with van der Waals surface area (Å²) < 4.78 is 0.135. The molecule has 0 bridgehead atoms. The highest BCUT2D eigenvalue weighted by molar-refractivity contribution is 8.76. The number of amides is 1. The van der Waals surface area contributed by atoms with Gasteiger partial charge in [0.25, 0.3) is 0 Å². The van der Waals surface area contributed by atoms with Crippen LogP contribution >= 0.6 is 21.6 Å². The number of pyridine rings is 1. The monoisotopic (exact) mass is 441 g/mol. The molecule has 2 N–H and O–H groups in total. The van der Waals surface area contributed by atoms with Crippen molar-refractivity contribution in [3.63, 3.8) is 0 Å². The topological polar surface area (TPSA) is 76.9 Å². The molecule has 1 amide bonds. The van der Waals surface area contributed by atoms with Crippen LogP contribution in [0.1, 0.15) is 50.1 Å². The number of rotatable bonds is 11. The lowest BCUT2D eigenvalue weighted by atomic mass is 10.1. The van der Waals surface area contributed by atoms with Gasteiger partial charge in [0.15, 0.2) is 0 Å². The Morgan fingerprint density at radius 1 is 1.14 bits per heavy atom. The van der Waals surface area contributed by atoms with Gasteiger partial charge in [-0.15, -0.1) is 0 Å². The number of carbonyl (C=O) groups is 1. The number of hydrogen-bond acceptors (Lipinski definition) is 7. The van der Waals surface area contributed by atoms with Crippen molar-refractivity contribution in [1.82, 2.24) is 14.8 Å². The fraction of sp³-hybridized carbons (Fsp3) is 0.714. The Labute approximate surface area is 182 Å². The molecule has 0 spiro atoms. The number of aromatic nitrogens is 1. The van der Waals surface area contributed by atoms with E-state index in [0.717, 1.165) is 57.5 Å². The van der Waals surface area contributed by atoms with Crippen molar-refractivity contribution in [2.45, 2.75) is 57.5 Å². The van der Waals surface area contributed by atoms with E-state index in [4.69, 9.17) is 0 Å². The Morgan fingerprint density at radius 2 is 1.76 bits per heavy atom. The molecule has 6 nitrogen and oxygen atoms in total. The number of aryl methyl sites for hydroxylation is 1. The fourth-order valence-corrected chi connectivity index (χ4v) is 5.83. The van der Waals surface area contributed by atoms with Crippen LogP contribution in [0.4, 0.5) is 0 Å². The maximum Gasteiger partial charge on any atom is 0.222 e. The lowest BCUT2D eigenvalue weighted by Gasteiger charge is -2.35. The second kappa shape index (κ2) is 12.2. The maximum atomic E-state index is 12.5. The molecule has 0 unspecified atom stereocenters. The Balaban J connectivity index is 1.70. The molecular formula is C21H35N3O3S2. The minimum Gasteiger partial charge on any atom is -0.390 e. The Bertz CT molecular complexity index is 628. The van der Waals surface area contributed by atoms with Gasteiger partial charge >= 0.3 is 0 Å². The Hall–Kier alpha value is -0.800. The van der Waals surface area contributed by atoms with Crippen LogP contribution in [-0.2, 0) is 24.4 Å². The van der Waals surface area contributed by atoms with Crippen LogP contribution in [0.3, 0.4) is 0 Å². The summed E-state index contributed by atoms with van der Waals surface area (Å²) in [5.74, 6) is 0.282. The SMILES string of the molecule is CSSC(C)(C)CCC(=O)N1CCN(CCCc2cc(CO)nc(CO)c2)CC1. The first-order valence-electron chi connectivity index (χ1n) is 10.3. The van der Waals surface area contributed by atoms with Crippen molar-refractivity contribution >= 4 is 27.5 Å². The van der Waals surface area contributed by atoms with Gasteiger partial charge in [0.1, 0.15) is 0 Å². The van der Waals surface area contributed by atoms with Crippen molar-refractivity contribution < 1.29 is 15.0 Å². The lowest BCUT2D eigenvalue weighted by Crippen LogP contribution is -2.49. The molecule has 1 aromatic rings. The first kappa shape index (κ1) is 24.5. The van der Waals surface area contributed by atoms with Gasteiger partial charge in [-0.2, -0.15) is 0 Å². The molecule has 1 saturated heterocycles. The maximum absolute atomic E-state index is 12.5. The van der Waals surface area contributed by atoms with Crippen molar-refractivity contribution in [2.24, 2.45) is 0 Å². The van der Waals surface area contributed by atoms with E-state index in [1.54, 1.807) is 10.8 Å². The summed E-state index contributed by atoms with van der Waals surface area (Å²) in [4.78, 5) is 21.1. The summed E-state index contributed by atoms with van der Waals surface area (Å²) in [7, 11) is 3.60. The van der Waals surface area contributed by atoms with Crippen LogP contribution in [0.25, 0.3) is 0 Å². The predicted molar refractivity (Wildman–Crippen MR) is 122 cm³/mol. The molecule has 1 fully saturated rings. The highest BCUT2D eigenvalue weighted by Gasteiger charge is 2.24. The Morgan fingerprint density at radius 3 is 2.31 bits per heavy atom. The van der Waals surface area contributed by atoms with E-state index in [2.05, 4.69) is 30.0 Å². The minimum atomic E-state index is -0.107. The van der Waals surface area contributed by atoms with E-state index < -0.39 is 0 Å². The Kier molecular flexibility index (Phi) is 10.3. The van der Waals surface area contributed by atoms with E-state index in [9.17, 15) is 15.0 Å². The molecule has 1 aliphatic heterocycles. The van der Waals surface area contributed by atoms with Crippen molar-refractivity contribution in [3.05, 3.63) is 29.1 Å². The normalized spacial score (nSPS) is 15.7. The van der Waals surface area contributed by atoms with Crippen LogP contribution in [0.5, 0.6) is 0 Å². The molecule has 0 aromatic carbocycles. The number of carbonyl (C=O) groups excluding carboxylic acids is 1. The summed E-state index contributed by atoms with van der Waals surface area (Å²) in [5, 5.41) is 18.6. The van der Waals surface area contributed by atoms with Crippen molar-refractivity contribution in [1.29, 1.82) is 0 Å². The summed E-state index contributed by atoms with van der Waals surface area (Å²) in [6.07, 6.45) is 5.52. The number of aliphatic hydroxyl groups excluding tert-OH is 2. The first-order chi connectivity index (χ1) is 13.9. The van der Waals surface area contributed by atoms with Crippen molar-refractivity contribution in [2.75, 3.05) is 39.0 Å². The highest BCUT2D eigenvalue weighted by atomic mass is 33.1. The zero-order valence-electron chi connectivity index (χ0n) is 17.9. The third-order valence-electron chi connectivity index (χ3n) is 5.23. The zero-order valence-corrected chi connectivity index (χ0v) is 19.5. The van der Waals surface area contributed by atoms with Crippen LogP contribution in [-0.4, -0.2) is 74.6 Å². The number of piperazine rings is 1. The van der Waals surface area contributed by atoms with E-state index in [1.165, 1.54) is 0 Å². The fourth-order valence-electron chi connectivity index (χ4n) is 3.59. The molecular weight excluding hydrogens is 406 g/mol. The standard InChI is InChI=1S/C21H35N3O3S2/c1-21(2,29-28-3)7-6-20(27)24-11-9-23(10-12-24)8-4-5-17-13-18(15-25)22-19(14-17)16-26/h13-14,25-26H,4-12,15-16H2,1-3H3. The molecule has 29 heavy (non-hydrogen) atoms. The number of nitrogens with zero attached hydrogens (tertiary/aromatic N) is 3. The van der Waals surface area contributed by atoms with Crippen LogP contribution in [0, 0.1) is 0 Å². The minimum absolute atomic E-state index is 0.107. The van der Waals surface area contributed by atoms with E-state index >= 15 is 0 Å². The van der Waals surface area contributed by atoms with Crippen LogP contribution in [0.2, 0.25) is 0 Å². The molecule has 1 aliphatic rings. The summed E-state index contributed by atoms with van der Waals surface area (Å²) >= 11 is 0. The second-order valence-electron chi connectivity index (χ2n) is 8.11. The number of aliphatic hydroxyl groups is 2. The largest absolute Gasteiger partial charge is 0.390 e. The van der Waals surface area contributed by atoms with Crippen LogP contribution < -0.4 is 0 Å². The van der Waals surface area contributed by atoms with Gasteiger partial charge in [-0.05, 0) is 63.6 Å². The predicted octanol–water partition coefficient (Wildman–Crippen LogP) is 2.71. The quantitative estimate of drug-likeness (QED) is 0.511. The van der Waals surface area contributed by atoms with E-state index in [0.29, 0.717) is 17.8 Å². The van der Waals surface area contributed by atoms with Crippen molar-refractivity contribution in [3.8, 4) is 0 Å². The average Bonchev–Trinajstić information content (AvgIpc) is 2.72. The molecule has 0 radical (unpaired) electrons. The summed E-state index contributed by atoms with van der Waals surface area (Å²) in [6, 6.07) is 3.82. The lowest BCUT2D eigenvalue weighted by molar-refractivity contribution is -0.133. The van der Waals surface area contributed by atoms with Gasteiger partial charge in [-0.1, -0.05) is 21.6 Å². The molecule has 2 heterocycles. The third-order valence-corrected chi connectivity index (χ3v) is 7.91. The average molecular weight is 442 g/mol. The van der Waals surface area contributed by atoms with E-state index in [1.807, 2.05) is 27.8 Å². The van der Waals surface area contributed by atoms with Gasteiger partial charge < -0.3 is 15.1 Å².